The molecule has 3 heteroatoms. The molecule has 36 heavy (non-hydrogen) atoms. The minimum absolute atomic E-state index is 0.916. The molecule has 0 spiro atoms. The topological polar surface area (TPSA) is 28.6 Å². The van der Waals surface area contributed by atoms with Crippen molar-refractivity contribution in [3.8, 4) is 0 Å². The fourth-order valence-electron chi connectivity index (χ4n) is 5.23. The standard InChI is InChI=1S/C33H47N3/c1-6-8-9-10-11-12-13-14-15-16-20-31-27(4)32(29-18-17-19-30(25-29)35(5)7-2)36(34)33(31)28-23-21-26(3)22-24-28/h17-19,21-25H,6-16,20H2,1-5H3. The molecule has 0 aliphatic carbocycles. The zero-order chi connectivity index (χ0) is 25.9. The highest BCUT2D eigenvalue weighted by Crippen LogP contribution is 2.42. The van der Waals surface area contributed by atoms with E-state index in [0.717, 1.165) is 41.9 Å². The summed E-state index contributed by atoms with van der Waals surface area (Å²) >= 11 is 0. The highest BCUT2D eigenvalue weighted by atomic mass is 15.2. The zero-order valence-corrected chi connectivity index (χ0v) is 23.4. The third kappa shape index (κ3) is 7.18. The van der Waals surface area contributed by atoms with Gasteiger partial charge in [-0.2, -0.15) is 0 Å². The molecule has 3 rings (SSSR count). The smallest absolute Gasteiger partial charge is 0.211 e. The minimum atomic E-state index is 0.916. The molecule has 0 radical (unpaired) electrons. The molecule has 2 aromatic rings. The predicted molar refractivity (Wildman–Crippen MR) is 156 cm³/mol. The summed E-state index contributed by atoms with van der Waals surface area (Å²) in [6.45, 7) is 9.68. The van der Waals surface area contributed by atoms with E-state index < -0.39 is 0 Å². The van der Waals surface area contributed by atoms with Crippen LogP contribution in [-0.2, 0) is 0 Å². The third-order valence-corrected chi connectivity index (χ3v) is 7.66. The lowest BCUT2D eigenvalue weighted by Gasteiger charge is -2.18. The van der Waals surface area contributed by atoms with Gasteiger partial charge in [-0.25, -0.2) is 4.70 Å². The Balaban J connectivity index is 1.74. The van der Waals surface area contributed by atoms with Gasteiger partial charge in [0.25, 0.3) is 0 Å². The normalized spacial score (nSPS) is 13.8. The van der Waals surface area contributed by atoms with Gasteiger partial charge in [0.15, 0.2) is 0 Å². The third-order valence-electron chi connectivity index (χ3n) is 7.66. The summed E-state index contributed by atoms with van der Waals surface area (Å²) < 4.78 is 1.46. The first-order valence-electron chi connectivity index (χ1n) is 14.3. The molecule has 0 bridgehead atoms. The van der Waals surface area contributed by atoms with Crippen LogP contribution < -0.4 is 4.90 Å². The van der Waals surface area contributed by atoms with Crippen molar-refractivity contribution in [2.45, 2.75) is 98.3 Å². The molecule has 0 amide bonds. The van der Waals surface area contributed by atoms with Gasteiger partial charge in [-0.15, -0.1) is 0 Å². The molecule has 0 atom stereocenters. The van der Waals surface area contributed by atoms with Gasteiger partial charge in [-0.3, -0.25) is 0 Å². The highest BCUT2D eigenvalue weighted by molar-refractivity contribution is 5.82. The number of hydrogen-bond donors (Lipinski definition) is 0. The Labute approximate surface area is 220 Å². The SMILES string of the molecule is CCCCCCCCCCCCC1=C(c2ccc(C)cc2)[N+](=[N-])C(c2cccc(N(C)CC)c2)=C1C. The summed E-state index contributed by atoms with van der Waals surface area (Å²) in [4.78, 5) is 2.23. The largest absolute Gasteiger partial charge is 0.493 e. The molecule has 0 saturated carbocycles. The first kappa shape index (κ1) is 27.9. The first-order chi connectivity index (χ1) is 17.5. The molecule has 1 heterocycles. The Morgan fingerprint density at radius 1 is 0.722 bits per heavy atom. The van der Waals surface area contributed by atoms with Crippen LogP contribution in [0.5, 0.6) is 0 Å². The van der Waals surface area contributed by atoms with E-state index in [-0.39, 0.29) is 0 Å². The molecular formula is C33H47N3. The van der Waals surface area contributed by atoms with Gasteiger partial charge in [0.1, 0.15) is 0 Å². The molecule has 0 N–H and O–H groups in total. The molecule has 0 aromatic heterocycles. The molecule has 0 fully saturated rings. The van der Waals surface area contributed by atoms with E-state index in [1.165, 1.54) is 84.9 Å². The lowest BCUT2D eigenvalue weighted by molar-refractivity contribution is -0.345. The lowest BCUT2D eigenvalue weighted by atomic mass is 9.95. The molecule has 1 aliphatic rings. The van der Waals surface area contributed by atoms with E-state index in [0.29, 0.717) is 0 Å². The molecular weight excluding hydrogens is 438 g/mol. The lowest BCUT2D eigenvalue weighted by Crippen LogP contribution is -2.15. The van der Waals surface area contributed by atoms with Gasteiger partial charge in [0, 0.05) is 41.6 Å². The Morgan fingerprint density at radius 3 is 1.94 bits per heavy atom. The monoisotopic (exact) mass is 485 g/mol. The molecule has 0 unspecified atom stereocenters. The van der Waals surface area contributed by atoms with Gasteiger partial charge in [0.05, 0.1) is 0 Å². The number of rotatable bonds is 15. The van der Waals surface area contributed by atoms with E-state index in [1.54, 1.807) is 0 Å². The first-order valence-corrected chi connectivity index (χ1v) is 14.3. The van der Waals surface area contributed by atoms with Crippen molar-refractivity contribution in [2.24, 2.45) is 0 Å². The summed E-state index contributed by atoms with van der Waals surface area (Å²) in [6.07, 6.45) is 14.3. The average Bonchev–Trinajstić information content (AvgIpc) is 3.14. The molecule has 3 nitrogen and oxygen atoms in total. The summed E-state index contributed by atoms with van der Waals surface area (Å²) in [7, 11) is 2.11. The number of benzene rings is 2. The van der Waals surface area contributed by atoms with Crippen LogP contribution in [-0.4, -0.2) is 18.3 Å². The van der Waals surface area contributed by atoms with E-state index >= 15 is 0 Å². The second-order valence-corrected chi connectivity index (χ2v) is 10.5. The maximum absolute atomic E-state index is 11.5. The summed E-state index contributed by atoms with van der Waals surface area (Å²) in [5, 5.41) is 0. The molecule has 194 valence electrons. The molecule has 2 aromatic carbocycles. The molecule has 0 saturated heterocycles. The zero-order valence-electron chi connectivity index (χ0n) is 23.4. The summed E-state index contributed by atoms with van der Waals surface area (Å²) in [5.41, 5.74) is 20.4. The van der Waals surface area contributed by atoms with Crippen molar-refractivity contribution in [3.63, 3.8) is 0 Å². The van der Waals surface area contributed by atoms with Gasteiger partial charge in [-0.1, -0.05) is 88.5 Å². The quantitative estimate of drug-likeness (QED) is 0.182. The van der Waals surface area contributed by atoms with Crippen LogP contribution >= 0.6 is 0 Å². The maximum Gasteiger partial charge on any atom is 0.211 e. The van der Waals surface area contributed by atoms with Crippen LogP contribution in [0.25, 0.3) is 16.9 Å². The van der Waals surface area contributed by atoms with Crippen LogP contribution in [0.4, 0.5) is 5.69 Å². The maximum atomic E-state index is 11.5. The summed E-state index contributed by atoms with van der Waals surface area (Å²) in [6, 6.07) is 17.1. The van der Waals surface area contributed by atoms with Gasteiger partial charge >= 0.3 is 0 Å². The number of nitrogens with zero attached hydrogens (tertiary/aromatic N) is 3. The Bertz CT molecular complexity index is 1060. The van der Waals surface area contributed by atoms with Crippen LogP contribution in [0.15, 0.2) is 59.7 Å². The number of allylic oxidation sites excluding steroid dienone is 2. The van der Waals surface area contributed by atoms with Gasteiger partial charge in [0.2, 0.25) is 11.4 Å². The Morgan fingerprint density at radius 2 is 1.33 bits per heavy atom. The van der Waals surface area contributed by atoms with Crippen LogP contribution in [0, 0.1) is 6.92 Å². The van der Waals surface area contributed by atoms with Crippen molar-refractivity contribution >= 4 is 17.1 Å². The van der Waals surface area contributed by atoms with Gasteiger partial charge < -0.3 is 10.4 Å². The van der Waals surface area contributed by atoms with Crippen molar-refractivity contribution in [1.82, 2.24) is 0 Å². The number of anilines is 1. The summed E-state index contributed by atoms with van der Waals surface area (Å²) in [5.74, 6) is 0. The van der Waals surface area contributed by atoms with Gasteiger partial charge in [-0.05, 0) is 63.9 Å². The van der Waals surface area contributed by atoms with Crippen molar-refractivity contribution < 1.29 is 4.70 Å². The van der Waals surface area contributed by atoms with E-state index in [1.807, 2.05) is 0 Å². The number of unbranched alkanes of at least 4 members (excludes halogenated alkanes) is 9. The fraction of sp³-hybridized carbons (Fsp3) is 0.515. The minimum Gasteiger partial charge on any atom is -0.493 e. The van der Waals surface area contributed by atoms with Crippen LogP contribution in [0.3, 0.4) is 0 Å². The Kier molecular flexibility index (Phi) is 11.0. The van der Waals surface area contributed by atoms with Crippen LogP contribution in [0.1, 0.15) is 108 Å². The van der Waals surface area contributed by atoms with E-state index in [9.17, 15) is 5.53 Å². The number of hydrogen-bond acceptors (Lipinski definition) is 1. The average molecular weight is 486 g/mol. The van der Waals surface area contributed by atoms with Crippen LogP contribution in [0.2, 0.25) is 0 Å². The van der Waals surface area contributed by atoms with E-state index in [4.69, 9.17) is 0 Å². The second-order valence-electron chi connectivity index (χ2n) is 10.5. The Hall–Kier alpha value is -2.68. The second kappa shape index (κ2) is 14.2. The van der Waals surface area contributed by atoms with Crippen molar-refractivity contribution in [1.29, 1.82) is 0 Å². The van der Waals surface area contributed by atoms with E-state index in [2.05, 4.69) is 88.2 Å². The number of aryl methyl sites for hydroxylation is 1. The van der Waals surface area contributed by atoms with Crippen molar-refractivity contribution in [2.75, 3.05) is 18.5 Å². The fourth-order valence-corrected chi connectivity index (χ4v) is 5.23. The van der Waals surface area contributed by atoms with Crippen molar-refractivity contribution in [3.05, 3.63) is 81.9 Å². The predicted octanol–water partition coefficient (Wildman–Crippen LogP) is 9.95. The highest BCUT2D eigenvalue weighted by Gasteiger charge is 2.33. The molecule has 1 aliphatic heterocycles.